The van der Waals surface area contributed by atoms with Gasteiger partial charge in [0.05, 0.1) is 12.6 Å². The van der Waals surface area contributed by atoms with Gasteiger partial charge in [0, 0.05) is 32.1 Å². The second-order valence-corrected chi connectivity index (χ2v) is 4.50. The average molecular weight is 275 g/mol. The lowest BCUT2D eigenvalue weighted by Crippen LogP contribution is -2.22. The van der Waals surface area contributed by atoms with E-state index in [-0.39, 0.29) is 6.04 Å². The van der Waals surface area contributed by atoms with E-state index >= 15 is 0 Å². The number of benzene rings is 1. The van der Waals surface area contributed by atoms with Crippen molar-refractivity contribution in [1.82, 2.24) is 14.9 Å². The standard InChI is InChI=1S/C15H21N3O2/c1-16-14(15-17-8-9-18(15)2)12-6-4-5-7-13(12)20-11-10-19-3/h4-9,14,16H,10-11H2,1-3H3. The maximum Gasteiger partial charge on any atom is 0.130 e. The molecule has 108 valence electrons. The van der Waals surface area contributed by atoms with E-state index in [0.29, 0.717) is 13.2 Å². The van der Waals surface area contributed by atoms with Crippen molar-refractivity contribution in [3.8, 4) is 5.75 Å². The number of hydrogen-bond donors (Lipinski definition) is 1. The lowest BCUT2D eigenvalue weighted by atomic mass is 10.1. The van der Waals surface area contributed by atoms with Crippen molar-refractivity contribution in [3.63, 3.8) is 0 Å². The molecule has 1 aromatic carbocycles. The van der Waals surface area contributed by atoms with Gasteiger partial charge in [0.25, 0.3) is 0 Å². The second-order valence-electron chi connectivity index (χ2n) is 4.50. The van der Waals surface area contributed by atoms with Gasteiger partial charge in [0.2, 0.25) is 0 Å². The summed E-state index contributed by atoms with van der Waals surface area (Å²) in [7, 11) is 5.58. The van der Waals surface area contributed by atoms with E-state index in [1.54, 1.807) is 13.3 Å². The Hall–Kier alpha value is -1.85. The molecule has 0 aliphatic rings. The molecule has 1 heterocycles. The van der Waals surface area contributed by atoms with E-state index in [1.807, 2.05) is 43.1 Å². The first kappa shape index (κ1) is 14.6. The highest BCUT2D eigenvalue weighted by atomic mass is 16.5. The summed E-state index contributed by atoms with van der Waals surface area (Å²) in [6, 6.07) is 7.99. The fourth-order valence-electron chi connectivity index (χ4n) is 2.16. The molecule has 1 N–H and O–H groups in total. The van der Waals surface area contributed by atoms with Crippen LogP contribution in [0.2, 0.25) is 0 Å². The van der Waals surface area contributed by atoms with Gasteiger partial charge in [-0.15, -0.1) is 0 Å². The van der Waals surface area contributed by atoms with Crippen LogP contribution in [0.4, 0.5) is 0 Å². The largest absolute Gasteiger partial charge is 0.491 e. The third kappa shape index (κ3) is 3.18. The third-order valence-corrected chi connectivity index (χ3v) is 3.18. The fraction of sp³-hybridized carbons (Fsp3) is 0.400. The SMILES string of the molecule is CNC(c1ccccc1OCCOC)c1nccn1C. The fourth-order valence-corrected chi connectivity index (χ4v) is 2.16. The topological polar surface area (TPSA) is 48.3 Å². The number of para-hydroxylation sites is 1. The van der Waals surface area contributed by atoms with Gasteiger partial charge in [-0.3, -0.25) is 0 Å². The number of nitrogens with zero attached hydrogens (tertiary/aromatic N) is 2. The molecular formula is C15H21N3O2. The van der Waals surface area contributed by atoms with Crippen LogP contribution in [0.3, 0.4) is 0 Å². The minimum Gasteiger partial charge on any atom is -0.491 e. The summed E-state index contributed by atoms with van der Waals surface area (Å²) in [5.74, 6) is 1.81. The third-order valence-electron chi connectivity index (χ3n) is 3.18. The van der Waals surface area contributed by atoms with Crippen molar-refractivity contribution >= 4 is 0 Å². The zero-order valence-electron chi connectivity index (χ0n) is 12.2. The Labute approximate surface area is 119 Å². The van der Waals surface area contributed by atoms with E-state index in [2.05, 4.69) is 16.4 Å². The van der Waals surface area contributed by atoms with Gasteiger partial charge in [0.1, 0.15) is 18.2 Å². The van der Waals surface area contributed by atoms with Crippen LogP contribution in [0.25, 0.3) is 0 Å². The highest BCUT2D eigenvalue weighted by molar-refractivity contribution is 5.39. The lowest BCUT2D eigenvalue weighted by Gasteiger charge is -2.20. The zero-order valence-corrected chi connectivity index (χ0v) is 12.2. The molecule has 0 aliphatic heterocycles. The van der Waals surface area contributed by atoms with E-state index in [1.165, 1.54) is 0 Å². The first-order valence-electron chi connectivity index (χ1n) is 6.63. The minimum atomic E-state index is -0.00579. The molecule has 0 saturated carbocycles. The summed E-state index contributed by atoms with van der Waals surface area (Å²) in [5, 5.41) is 3.30. The van der Waals surface area contributed by atoms with E-state index in [4.69, 9.17) is 9.47 Å². The van der Waals surface area contributed by atoms with Crippen LogP contribution in [0, 0.1) is 0 Å². The monoisotopic (exact) mass is 275 g/mol. The van der Waals surface area contributed by atoms with Gasteiger partial charge in [-0.05, 0) is 13.1 Å². The summed E-state index contributed by atoms with van der Waals surface area (Å²) >= 11 is 0. The Morgan fingerprint density at radius 2 is 2.10 bits per heavy atom. The zero-order chi connectivity index (χ0) is 14.4. The maximum atomic E-state index is 5.80. The van der Waals surface area contributed by atoms with Crippen LogP contribution >= 0.6 is 0 Å². The van der Waals surface area contributed by atoms with E-state index in [9.17, 15) is 0 Å². The molecule has 0 bridgehead atoms. The number of rotatable bonds is 7. The van der Waals surface area contributed by atoms with Crippen molar-refractivity contribution in [2.75, 3.05) is 27.4 Å². The van der Waals surface area contributed by atoms with Gasteiger partial charge in [-0.25, -0.2) is 4.98 Å². The summed E-state index contributed by atoms with van der Waals surface area (Å²) in [6.07, 6.45) is 3.74. The second kappa shape index (κ2) is 7.07. The van der Waals surface area contributed by atoms with E-state index < -0.39 is 0 Å². The Bertz CT molecular complexity index is 539. The molecule has 0 amide bonds. The predicted octanol–water partition coefficient (Wildman–Crippen LogP) is 1.75. The molecule has 0 fully saturated rings. The van der Waals surface area contributed by atoms with Crippen molar-refractivity contribution in [3.05, 3.63) is 48.0 Å². The van der Waals surface area contributed by atoms with E-state index in [0.717, 1.165) is 17.1 Å². The number of ether oxygens (including phenoxy) is 2. The summed E-state index contributed by atoms with van der Waals surface area (Å²) in [6.45, 7) is 1.10. The molecule has 5 heteroatoms. The molecule has 5 nitrogen and oxygen atoms in total. The van der Waals surface area contributed by atoms with Crippen LogP contribution in [-0.4, -0.2) is 36.9 Å². The maximum absolute atomic E-state index is 5.80. The smallest absolute Gasteiger partial charge is 0.130 e. The van der Waals surface area contributed by atoms with Crippen molar-refractivity contribution in [2.45, 2.75) is 6.04 Å². The number of hydrogen-bond acceptors (Lipinski definition) is 4. The first-order valence-corrected chi connectivity index (χ1v) is 6.63. The number of imidazole rings is 1. The molecule has 0 radical (unpaired) electrons. The Balaban J connectivity index is 2.28. The molecule has 0 saturated heterocycles. The highest BCUT2D eigenvalue weighted by Gasteiger charge is 2.19. The number of aryl methyl sites for hydroxylation is 1. The average Bonchev–Trinajstić information content (AvgIpc) is 2.88. The van der Waals surface area contributed by atoms with Crippen LogP contribution in [0.15, 0.2) is 36.7 Å². The predicted molar refractivity (Wildman–Crippen MR) is 77.9 cm³/mol. The van der Waals surface area contributed by atoms with Gasteiger partial charge >= 0.3 is 0 Å². The van der Waals surface area contributed by atoms with Gasteiger partial charge < -0.3 is 19.4 Å². The van der Waals surface area contributed by atoms with Crippen LogP contribution in [0.1, 0.15) is 17.4 Å². The molecule has 0 aliphatic carbocycles. The highest BCUT2D eigenvalue weighted by Crippen LogP contribution is 2.28. The normalized spacial score (nSPS) is 12.3. The van der Waals surface area contributed by atoms with Gasteiger partial charge in [-0.2, -0.15) is 0 Å². The van der Waals surface area contributed by atoms with Crippen molar-refractivity contribution in [1.29, 1.82) is 0 Å². The quantitative estimate of drug-likeness (QED) is 0.782. The molecule has 0 spiro atoms. The first-order chi connectivity index (χ1) is 9.77. The van der Waals surface area contributed by atoms with Crippen LogP contribution in [0.5, 0.6) is 5.75 Å². The van der Waals surface area contributed by atoms with Crippen LogP contribution < -0.4 is 10.1 Å². The molecule has 1 unspecified atom stereocenters. The molecule has 1 atom stereocenters. The van der Waals surface area contributed by atoms with Gasteiger partial charge in [-0.1, -0.05) is 18.2 Å². The Kier molecular flexibility index (Phi) is 5.15. The lowest BCUT2D eigenvalue weighted by molar-refractivity contribution is 0.145. The van der Waals surface area contributed by atoms with Crippen molar-refractivity contribution < 1.29 is 9.47 Å². The summed E-state index contributed by atoms with van der Waals surface area (Å²) < 4.78 is 12.8. The number of nitrogens with one attached hydrogen (secondary N) is 1. The minimum absolute atomic E-state index is 0.00579. The summed E-state index contributed by atoms with van der Waals surface area (Å²) in [5.41, 5.74) is 1.07. The Morgan fingerprint density at radius 1 is 1.30 bits per heavy atom. The molecule has 20 heavy (non-hydrogen) atoms. The molecular weight excluding hydrogens is 254 g/mol. The molecule has 2 aromatic rings. The Morgan fingerprint density at radius 3 is 2.75 bits per heavy atom. The van der Waals surface area contributed by atoms with Crippen LogP contribution in [-0.2, 0) is 11.8 Å². The van der Waals surface area contributed by atoms with Crippen molar-refractivity contribution in [2.24, 2.45) is 7.05 Å². The molecule has 2 rings (SSSR count). The van der Waals surface area contributed by atoms with Gasteiger partial charge in [0.15, 0.2) is 0 Å². The number of aromatic nitrogens is 2. The molecule has 1 aromatic heterocycles. The number of methoxy groups -OCH3 is 1. The summed E-state index contributed by atoms with van der Waals surface area (Å²) in [4.78, 5) is 4.42.